The Kier molecular flexibility index (Phi) is 4.47. The molecule has 0 aliphatic rings. The summed E-state index contributed by atoms with van der Waals surface area (Å²) in [7, 11) is -3.85. The topological polar surface area (TPSA) is 124 Å². The van der Waals surface area contributed by atoms with Crippen LogP contribution in [0.3, 0.4) is 0 Å². The number of pyridine rings is 1. The molecule has 2 aromatic carbocycles. The number of anilines is 1. The van der Waals surface area contributed by atoms with Crippen LogP contribution in [0.5, 0.6) is 0 Å². The lowest BCUT2D eigenvalue weighted by molar-refractivity contribution is 0.601. The molecule has 4 heterocycles. The van der Waals surface area contributed by atoms with Crippen LogP contribution in [0.1, 0.15) is 5.56 Å². The van der Waals surface area contributed by atoms with Crippen LogP contribution in [0.4, 0.5) is 5.13 Å². The van der Waals surface area contributed by atoms with Gasteiger partial charge in [0.05, 0.1) is 26.0 Å². The number of nitrogens with one attached hydrogen (secondary N) is 1. The first-order valence-electron chi connectivity index (χ1n) is 10.1. The van der Waals surface area contributed by atoms with Crippen LogP contribution in [0.2, 0.25) is 0 Å². The molecule has 168 valence electrons. The van der Waals surface area contributed by atoms with Gasteiger partial charge in [-0.05, 0) is 55.0 Å². The van der Waals surface area contributed by atoms with Crippen molar-refractivity contribution in [1.29, 1.82) is 0 Å². The maximum Gasteiger partial charge on any atom is 0.266 e. The molecule has 4 aromatic heterocycles. The quantitative estimate of drug-likeness (QED) is 0.403. The minimum Gasteiger partial charge on any atom is -0.284 e. The summed E-state index contributed by atoms with van der Waals surface area (Å²) in [6.45, 7) is 1.97. The molecule has 0 saturated heterocycles. The van der Waals surface area contributed by atoms with Gasteiger partial charge in [0.2, 0.25) is 0 Å². The molecular weight excluding hydrogens is 474 g/mol. The summed E-state index contributed by atoms with van der Waals surface area (Å²) in [5.74, 6) is 0.398. The first kappa shape index (κ1) is 20.4. The monoisotopic (exact) mass is 489 g/mol. The van der Waals surface area contributed by atoms with Crippen LogP contribution < -0.4 is 10.3 Å². The van der Waals surface area contributed by atoms with Gasteiger partial charge in [0.1, 0.15) is 6.33 Å². The molecule has 1 N–H and O–H groups in total. The zero-order valence-electron chi connectivity index (χ0n) is 17.6. The first-order chi connectivity index (χ1) is 16.4. The number of hydrogen-bond acceptors (Lipinski definition) is 8. The van der Waals surface area contributed by atoms with Gasteiger partial charge in [0, 0.05) is 18.1 Å². The molecule has 0 radical (unpaired) electrons. The molecule has 0 atom stereocenters. The second kappa shape index (κ2) is 7.43. The predicted octanol–water partition coefficient (Wildman–Crippen LogP) is 3.15. The number of benzene rings is 2. The van der Waals surface area contributed by atoms with Crippen molar-refractivity contribution in [2.24, 2.45) is 0 Å². The summed E-state index contributed by atoms with van der Waals surface area (Å²) in [5, 5.41) is 4.76. The Morgan fingerprint density at radius 2 is 1.85 bits per heavy atom. The minimum absolute atomic E-state index is 0.0616. The molecule has 0 fully saturated rings. The smallest absolute Gasteiger partial charge is 0.266 e. The Morgan fingerprint density at radius 1 is 1.03 bits per heavy atom. The van der Waals surface area contributed by atoms with E-state index >= 15 is 0 Å². The third kappa shape index (κ3) is 3.31. The summed E-state index contributed by atoms with van der Waals surface area (Å²) in [5.41, 5.74) is 2.60. The van der Waals surface area contributed by atoms with E-state index in [0.29, 0.717) is 27.5 Å². The van der Waals surface area contributed by atoms with Crippen molar-refractivity contribution >= 4 is 53.4 Å². The fraction of sp³-hybridized carbons (Fsp3) is 0.0455. The number of rotatable bonds is 4. The van der Waals surface area contributed by atoms with Crippen LogP contribution in [0, 0.1) is 6.92 Å². The van der Waals surface area contributed by atoms with E-state index < -0.39 is 10.0 Å². The standard InChI is InChI=1S/C22H15N7O3S2/c1-13-2-7-17-19(10-13)33-22(26-17)27-34(31,32)15-5-3-14(4-6-15)28-9-8-18-16(20(28)30)11-23-21-24-12-25-29(18)21/h2-12H,1H3,(H,26,27). The lowest BCUT2D eigenvalue weighted by atomic mass is 10.2. The lowest BCUT2D eigenvalue weighted by Crippen LogP contribution is -2.19. The van der Waals surface area contributed by atoms with E-state index in [1.54, 1.807) is 24.4 Å². The Balaban J connectivity index is 1.33. The van der Waals surface area contributed by atoms with Crippen LogP contribution in [0.15, 0.2) is 76.9 Å². The average molecular weight is 490 g/mol. The summed E-state index contributed by atoms with van der Waals surface area (Å²) < 4.78 is 32.2. The molecular formula is C22H15N7O3S2. The van der Waals surface area contributed by atoms with Crippen LogP contribution in [-0.4, -0.2) is 37.6 Å². The molecule has 0 unspecified atom stereocenters. The van der Waals surface area contributed by atoms with E-state index in [0.717, 1.165) is 15.8 Å². The fourth-order valence-electron chi connectivity index (χ4n) is 3.70. The minimum atomic E-state index is -3.85. The molecule has 6 aromatic rings. The predicted molar refractivity (Wildman–Crippen MR) is 129 cm³/mol. The zero-order chi connectivity index (χ0) is 23.4. The molecule has 12 heteroatoms. The van der Waals surface area contributed by atoms with E-state index in [1.807, 2.05) is 25.1 Å². The molecule has 0 aliphatic heterocycles. The SMILES string of the molecule is Cc1ccc2nc(NS(=O)(=O)c3ccc(-n4ccc5c(cnc6ncnn65)c4=O)cc3)sc2c1. The number of thiazole rings is 1. The number of sulfonamides is 1. The number of hydrogen-bond donors (Lipinski definition) is 1. The van der Waals surface area contributed by atoms with E-state index in [-0.39, 0.29) is 10.5 Å². The summed E-state index contributed by atoms with van der Waals surface area (Å²) >= 11 is 1.27. The van der Waals surface area contributed by atoms with Gasteiger partial charge in [-0.1, -0.05) is 17.4 Å². The maximum absolute atomic E-state index is 13.1. The number of aromatic nitrogens is 6. The highest BCUT2D eigenvalue weighted by atomic mass is 32.2. The summed E-state index contributed by atoms with van der Waals surface area (Å²) in [6.07, 6.45) is 4.44. The van der Waals surface area contributed by atoms with Crippen molar-refractivity contribution < 1.29 is 8.42 Å². The highest BCUT2D eigenvalue weighted by Gasteiger charge is 2.17. The van der Waals surface area contributed by atoms with Crippen molar-refractivity contribution in [2.45, 2.75) is 11.8 Å². The van der Waals surface area contributed by atoms with Crippen LogP contribution in [0.25, 0.3) is 32.6 Å². The molecule has 0 bridgehead atoms. The van der Waals surface area contributed by atoms with E-state index in [1.165, 1.54) is 45.1 Å². The Bertz CT molecular complexity index is 1890. The van der Waals surface area contributed by atoms with Gasteiger partial charge in [-0.25, -0.2) is 18.4 Å². The normalized spacial score (nSPS) is 12.0. The lowest BCUT2D eigenvalue weighted by Gasteiger charge is -2.09. The molecule has 10 nitrogen and oxygen atoms in total. The molecule has 34 heavy (non-hydrogen) atoms. The maximum atomic E-state index is 13.1. The van der Waals surface area contributed by atoms with Gasteiger partial charge in [-0.2, -0.15) is 14.6 Å². The van der Waals surface area contributed by atoms with Crippen LogP contribution >= 0.6 is 11.3 Å². The van der Waals surface area contributed by atoms with Gasteiger partial charge < -0.3 is 0 Å². The third-order valence-electron chi connectivity index (χ3n) is 5.36. The molecule has 6 rings (SSSR count). The summed E-state index contributed by atoms with van der Waals surface area (Å²) in [4.78, 5) is 25.6. The van der Waals surface area contributed by atoms with Gasteiger partial charge in [-0.3, -0.25) is 14.1 Å². The highest BCUT2D eigenvalue weighted by molar-refractivity contribution is 7.93. The van der Waals surface area contributed by atoms with Crippen molar-refractivity contribution in [3.8, 4) is 5.69 Å². The second-order valence-electron chi connectivity index (χ2n) is 7.61. The van der Waals surface area contributed by atoms with E-state index in [4.69, 9.17) is 0 Å². The average Bonchev–Trinajstić information content (AvgIpc) is 3.45. The molecule has 0 aliphatic carbocycles. The van der Waals surface area contributed by atoms with Crippen molar-refractivity contribution in [3.05, 3.63) is 83.2 Å². The number of fused-ring (bicyclic) bond motifs is 4. The third-order valence-corrected chi connectivity index (χ3v) is 7.78. The Labute approximate surface area is 196 Å². The Hall–Kier alpha value is -4.16. The first-order valence-corrected chi connectivity index (χ1v) is 12.4. The largest absolute Gasteiger partial charge is 0.284 e. The summed E-state index contributed by atoms with van der Waals surface area (Å²) in [6, 6.07) is 13.5. The van der Waals surface area contributed by atoms with E-state index in [2.05, 4.69) is 24.8 Å². The highest BCUT2D eigenvalue weighted by Crippen LogP contribution is 2.28. The fourth-order valence-corrected chi connectivity index (χ4v) is 5.90. The van der Waals surface area contributed by atoms with Gasteiger partial charge in [0.25, 0.3) is 21.4 Å². The van der Waals surface area contributed by atoms with Crippen molar-refractivity contribution in [2.75, 3.05) is 4.72 Å². The molecule has 0 amide bonds. The Morgan fingerprint density at radius 3 is 2.68 bits per heavy atom. The second-order valence-corrected chi connectivity index (χ2v) is 10.3. The molecule has 0 saturated carbocycles. The number of nitrogens with zero attached hydrogens (tertiary/aromatic N) is 6. The van der Waals surface area contributed by atoms with Crippen molar-refractivity contribution in [1.82, 2.24) is 29.1 Å². The van der Waals surface area contributed by atoms with Gasteiger partial charge >= 0.3 is 0 Å². The van der Waals surface area contributed by atoms with Crippen molar-refractivity contribution in [3.63, 3.8) is 0 Å². The molecule has 0 spiro atoms. The zero-order valence-corrected chi connectivity index (χ0v) is 19.2. The van der Waals surface area contributed by atoms with E-state index in [9.17, 15) is 13.2 Å². The number of aryl methyl sites for hydroxylation is 1. The van der Waals surface area contributed by atoms with Crippen LogP contribution in [-0.2, 0) is 10.0 Å². The van der Waals surface area contributed by atoms with Gasteiger partial charge in [-0.15, -0.1) is 0 Å². The van der Waals surface area contributed by atoms with Gasteiger partial charge in [0.15, 0.2) is 5.13 Å².